The van der Waals surface area contributed by atoms with Crippen LogP contribution in [-0.2, 0) is 15.8 Å². The molecule has 0 saturated carbocycles. The molecule has 1 atom stereocenters. The Kier molecular flexibility index (Phi) is 6.09. The zero-order valence-corrected chi connectivity index (χ0v) is 15.0. The zero-order valence-electron chi connectivity index (χ0n) is 15.0. The first-order valence-electron chi connectivity index (χ1n) is 8.43. The number of nitrogens with zero attached hydrogens (tertiary/aromatic N) is 3. The maximum absolute atomic E-state index is 12.6. The number of rotatable bonds is 4. The average Bonchev–Trinajstić information content (AvgIpc) is 2.58. The Morgan fingerprint density at radius 3 is 2.19 bits per heavy atom. The lowest BCUT2D eigenvalue weighted by atomic mass is 10.0. The van der Waals surface area contributed by atoms with E-state index in [2.05, 4.69) is 10.3 Å². The van der Waals surface area contributed by atoms with Crippen LogP contribution in [0.25, 0.3) is 0 Å². The summed E-state index contributed by atoms with van der Waals surface area (Å²) in [4.78, 5) is 31.3. The van der Waals surface area contributed by atoms with Gasteiger partial charge in [-0.05, 0) is 18.1 Å². The molecule has 1 N–H and O–H groups in total. The number of anilines is 1. The largest absolute Gasteiger partial charge is 0.417 e. The lowest BCUT2D eigenvalue weighted by Crippen LogP contribution is -2.56. The summed E-state index contributed by atoms with van der Waals surface area (Å²) < 4.78 is 37.8. The Balaban J connectivity index is 1.98. The van der Waals surface area contributed by atoms with Gasteiger partial charge in [0.2, 0.25) is 11.8 Å². The molecule has 9 heteroatoms. The van der Waals surface area contributed by atoms with Crippen molar-refractivity contribution in [1.29, 1.82) is 0 Å². The van der Waals surface area contributed by atoms with E-state index in [1.807, 2.05) is 18.7 Å². The second kappa shape index (κ2) is 7.92. The molecule has 6 nitrogen and oxygen atoms in total. The SMILES string of the molecule is CC(=O)N[C@@H](C(=O)N1CCN(c2ccc(C(F)(F)F)cn2)CC1)C(C)C. The molecular formula is C17H23F3N4O2. The molecule has 2 amide bonds. The van der Waals surface area contributed by atoms with Gasteiger partial charge in [-0.15, -0.1) is 0 Å². The van der Waals surface area contributed by atoms with Gasteiger partial charge in [0.05, 0.1) is 5.56 Å². The van der Waals surface area contributed by atoms with E-state index in [4.69, 9.17) is 0 Å². The standard InChI is InChI=1S/C17H23F3N4O2/c1-11(2)15(22-12(3)25)16(26)24-8-6-23(7-9-24)14-5-4-13(10-21-14)17(18,19)20/h4-5,10-11,15H,6-9H2,1-3H3,(H,22,25)/t15-/m1/s1. The normalized spacial score (nSPS) is 16.6. The molecular weight excluding hydrogens is 349 g/mol. The second-order valence-electron chi connectivity index (χ2n) is 6.64. The Morgan fingerprint density at radius 1 is 1.15 bits per heavy atom. The molecule has 0 radical (unpaired) electrons. The highest BCUT2D eigenvalue weighted by Gasteiger charge is 2.32. The number of carbonyl (C=O) groups excluding carboxylic acids is 2. The number of alkyl halides is 3. The summed E-state index contributed by atoms with van der Waals surface area (Å²) in [6.07, 6.45) is -3.59. The van der Waals surface area contributed by atoms with Gasteiger partial charge < -0.3 is 15.1 Å². The second-order valence-corrected chi connectivity index (χ2v) is 6.64. The minimum Gasteiger partial charge on any atom is -0.353 e. The molecule has 0 bridgehead atoms. The van der Waals surface area contributed by atoms with Gasteiger partial charge >= 0.3 is 6.18 Å². The van der Waals surface area contributed by atoms with Crippen molar-refractivity contribution in [2.75, 3.05) is 31.1 Å². The minimum absolute atomic E-state index is 0.0407. The summed E-state index contributed by atoms with van der Waals surface area (Å²) in [5.74, 6) is 0.00764. The van der Waals surface area contributed by atoms with Crippen molar-refractivity contribution < 1.29 is 22.8 Å². The minimum atomic E-state index is -4.41. The number of nitrogens with one attached hydrogen (secondary N) is 1. The van der Waals surface area contributed by atoms with Crippen LogP contribution < -0.4 is 10.2 Å². The van der Waals surface area contributed by atoms with E-state index in [-0.39, 0.29) is 17.7 Å². The van der Waals surface area contributed by atoms with E-state index in [9.17, 15) is 22.8 Å². The van der Waals surface area contributed by atoms with Gasteiger partial charge in [0, 0.05) is 39.3 Å². The predicted octanol–water partition coefficient (Wildman–Crippen LogP) is 1.91. The van der Waals surface area contributed by atoms with Crippen molar-refractivity contribution in [1.82, 2.24) is 15.2 Å². The third-order valence-electron chi connectivity index (χ3n) is 4.28. The van der Waals surface area contributed by atoms with Gasteiger partial charge in [-0.2, -0.15) is 13.2 Å². The average molecular weight is 372 g/mol. The molecule has 1 aliphatic heterocycles. The van der Waals surface area contributed by atoms with Crippen LogP contribution >= 0.6 is 0 Å². The number of hydrogen-bond acceptors (Lipinski definition) is 4. The number of halogens is 3. The summed E-state index contributed by atoms with van der Waals surface area (Å²) in [7, 11) is 0. The molecule has 0 spiro atoms. The first-order chi connectivity index (χ1) is 12.1. The summed E-state index contributed by atoms with van der Waals surface area (Å²) in [6.45, 7) is 6.87. The summed E-state index contributed by atoms with van der Waals surface area (Å²) >= 11 is 0. The van der Waals surface area contributed by atoms with Crippen molar-refractivity contribution in [3.05, 3.63) is 23.9 Å². The van der Waals surface area contributed by atoms with Crippen LogP contribution in [0.15, 0.2) is 18.3 Å². The van der Waals surface area contributed by atoms with Crippen molar-refractivity contribution >= 4 is 17.6 Å². The fourth-order valence-corrected chi connectivity index (χ4v) is 2.83. The molecule has 1 saturated heterocycles. The first kappa shape index (κ1) is 20.0. The van der Waals surface area contributed by atoms with Gasteiger partial charge in [0.25, 0.3) is 0 Å². The van der Waals surface area contributed by atoms with Gasteiger partial charge in [-0.3, -0.25) is 9.59 Å². The molecule has 0 aromatic carbocycles. The fraction of sp³-hybridized carbons (Fsp3) is 0.588. The first-order valence-corrected chi connectivity index (χ1v) is 8.43. The Bertz CT molecular complexity index is 638. The number of carbonyl (C=O) groups is 2. The summed E-state index contributed by atoms with van der Waals surface area (Å²) in [5, 5.41) is 2.68. The van der Waals surface area contributed by atoms with Crippen LogP contribution in [0.3, 0.4) is 0 Å². The maximum Gasteiger partial charge on any atom is 0.417 e. The van der Waals surface area contributed by atoms with Crippen molar-refractivity contribution in [3.8, 4) is 0 Å². The topological polar surface area (TPSA) is 65.5 Å². The van der Waals surface area contributed by atoms with Gasteiger partial charge in [0.15, 0.2) is 0 Å². The zero-order chi connectivity index (χ0) is 19.5. The molecule has 2 rings (SSSR count). The van der Waals surface area contributed by atoms with E-state index in [0.29, 0.717) is 32.0 Å². The van der Waals surface area contributed by atoms with Gasteiger partial charge in [0.1, 0.15) is 11.9 Å². The number of hydrogen-bond donors (Lipinski definition) is 1. The number of piperazine rings is 1. The maximum atomic E-state index is 12.6. The quantitative estimate of drug-likeness (QED) is 0.877. The predicted molar refractivity (Wildman–Crippen MR) is 90.5 cm³/mol. The highest BCUT2D eigenvalue weighted by Crippen LogP contribution is 2.29. The molecule has 26 heavy (non-hydrogen) atoms. The third kappa shape index (κ3) is 4.86. The van der Waals surface area contributed by atoms with Crippen molar-refractivity contribution in [3.63, 3.8) is 0 Å². The molecule has 144 valence electrons. The molecule has 2 heterocycles. The number of amides is 2. The molecule has 0 aliphatic carbocycles. The summed E-state index contributed by atoms with van der Waals surface area (Å²) in [6, 6.07) is 1.77. The Hall–Kier alpha value is -2.32. The van der Waals surface area contributed by atoms with Crippen LogP contribution in [-0.4, -0.2) is 53.9 Å². The van der Waals surface area contributed by atoms with Crippen LogP contribution in [0, 0.1) is 5.92 Å². The van der Waals surface area contributed by atoms with E-state index in [1.165, 1.54) is 13.0 Å². The molecule has 0 unspecified atom stereocenters. The summed E-state index contributed by atoms with van der Waals surface area (Å²) in [5.41, 5.74) is -0.787. The molecule has 1 aromatic heterocycles. The highest BCUT2D eigenvalue weighted by atomic mass is 19.4. The van der Waals surface area contributed by atoms with Crippen molar-refractivity contribution in [2.24, 2.45) is 5.92 Å². The smallest absolute Gasteiger partial charge is 0.353 e. The third-order valence-corrected chi connectivity index (χ3v) is 4.28. The lowest BCUT2D eigenvalue weighted by molar-refractivity contribution is -0.138. The highest BCUT2D eigenvalue weighted by molar-refractivity contribution is 5.87. The number of pyridine rings is 1. The molecule has 1 aromatic rings. The number of aromatic nitrogens is 1. The van der Waals surface area contributed by atoms with Crippen LogP contribution in [0.2, 0.25) is 0 Å². The van der Waals surface area contributed by atoms with E-state index in [1.54, 1.807) is 4.90 Å². The monoisotopic (exact) mass is 372 g/mol. The van der Waals surface area contributed by atoms with Crippen LogP contribution in [0.5, 0.6) is 0 Å². The van der Waals surface area contributed by atoms with Gasteiger partial charge in [-0.25, -0.2) is 4.98 Å². The van der Waals surface area contributed by atoms with E-state index < -0.39 is 17.8 Å². The van der Waals surface area contributed by atoms with Crippen LogP contribution in [0.4, 0.5) is 19.0 Å². The van der Waals surface area contributed by atoms with Crippen LogP contribution in [0.1, 0.15) is 26.3 Å². The Labute approximate surface area is 150 Å². The molecule has 1 fully saturated rings. The van der Waals surface area contributed by atoms with E-state index in [0.717, 1.165) is 12.3 Å². The van der Waals surface area contributed by atoms with E-state index >= 15 is 0 Å². The van der Waals surface area contributed by atoms with Gasteiger partial charge in [-0.1, -0.05) is 13.8 Å². The Morgan fingerprint density at radius 2 is 1.77 bits per heavy atom. The van der Waals surface area contributed by atoms with Crippen molar-refractivity contribution in [2.45, 2.75) is 33.0 Å². The fourth-order valence-electron chi connectivity index (χ4n) is 2.83. The molecule has 1 aliphatic rings. The lowest BCUT2D eigenvalue weighted by Gasteiger charge is -2.37.